The van der Waals surface area contributed by atoms with Crippen molar-refractivity contribution in [1.82, 2.24) is 10.2 Å². The van der Waals surface area contributed by atoms with Crippen molar-refractivity contribution < 1.29 is 0 Å². The average molecular weight is 305 g/mol. The number of hydrogen-bond acceptors (Lipinski definition) is 2. The van der Waals surface area contributed by atoms with Crippen LogP contribution in [0.3, 0.4) is 0 Å². The van der Waals surface area contributed by atoms with Crippen LogP contribution in [0.25, 0.3) is 0 Å². The lowest BCUT2D eigenvalue weighted by Crippen LogP contribution is -2.42. The highest BCUT2D eigenvalue weighted by Gasteiger charge is 2.41. The third-order valence-electron chi connectivity index (χ3n) is 5.21. The number of hydrogen-bond donors (Lipinski definition) is 1. The highest BCUT2D eigenvalue weighted by molar-refractivity contribution is 7.10. The number of rotatable bonds is 3. The molecule has 2 fully saturated rings. The monoisotopic (exact) mass is 305 g/mol. The van der Waals surface area contributed by atoms with Crippen molar-refractivity contribution in [3.63, 3.8) is 0 Å². The first-order chi connectivity index (χ1) is 10.2. The Morgan fingerprint density at radius 2 is 2.24 bits per heavy atom. The van der Waals surface area contributed by atoms with Crippen molar-refractivity contribution in [3.05, 3.63) is 22.4 Å². The Balaban J connectivity index is 1.54. The molecule has 2 heterocycles. The Morgan fingerprint density at radius 1 is 1.43 bits per heavy atom. The molecule has 116 valence electrons. The van der Waals surface area contributed by atoms with Crippen LogP contribution >= 0.6 is 11.3 Å². The Labute approximate surface area is 132 Å². The van der Waals surface area contributed by atoms with Crippen molar-refractivity contribution >= 4 is 17.3 Å². The SMILES string of the molecule is CN=C(NCC(C)c1cccs1)N1CCC2(CCCC2)C1. The maximum absolute atomic E-state index is 4.51. The predicted octanol–water partition coefficient (Wildman–Crippen LogP) is 3.69. The van der Waals surface area contributed by atoms with Gasteiger partial charge in [0.25, 0.3) is 0 Å². The fraction of sp³-hybridized carbons (Fsp3) is 0.706. The Morgan fingerprint density at radius 3 is 2.90 bits per heavy atom. The molecule has 4 heteroatoms. The molecule has 1 saturated heterocycles. The van der Waals surface area contributed by atoms with Gasteiger partial charge in [0, 0.05) is 37.5 Å². The lowest BCUT2D eigenvalue weighted by atomic mass is 9.86. The van der Waals surface area contributed by atoms with E-state index in [1.807, 2.05) is 18.4 Å². The molecule has 1 spiro atoms. The number of nitrogens with zero attached hydrogens (tertiary/aromatic N) is 2. The van der Waals surface area contributed by atoms with Crippen LogP contribution in [0.2, 0.25) is 0 Å². The van der Waals surface area contributed by atoms with Crippen molar-refractivity contribution in [3.8, 4) is 0 Å². The third-order valence-corrected chi connectivity index (χ3v) is 6.31. The fourth-order valence-corrected chi connectivity index (χ4v) is 4.68. The molecule has 3 nitrogen and oxygen atoms in total. The van der Waals surface area contributed by atoms with E-state index in [-0.39, 0.29) is 0 Å². The molecule has 1 saturated carbocycles. The summed E-state index contributed by atoms with van der Waals surface area (Å²) in [5, 5.41) is 5.75. The quantitative estimate of drug-likeness (QED) is 0.681. The molecule has 0 amide bonds. The summed E-state index contributed by atoms with van der Waals surface area (Å²) in [5.41, 5.74) is 0.608. The summed E-state index contributed by atoms with van der Waals surface area (Å²) in [4.78, 5) is 8.44. The molecule has 0 aromatic carbocycles. The zero-order valence-electron chi connectivity index (χ0n) is 13.3. The second-order valence-electron chi connectivity index (χ2n) is 6.72. The van der Waals surface area contributed by atoms with Crippen molar-refractivity contribution in [2.45, 2.75) is 44.9 Å². The van der Waals surface area contributed by atoms with Gasteiger partial charge in [-0.1, -0.05) is 25.8 Å². The van der Waals surface area contributed by atoms with E-state index in [9.17, 15) is 0 Å². The molecule has 2 aliphatic rings. The highest BCUT2D eigenvalue weighted by atomic mass is 32.1. The van der Waals surface area contributed by atoms with E-state index >= 15 is 0 Å². The van der Waals surface area contributed by atoms with Crippen LogP contribution in [-0.4, -0.2) is 37.5 Å². The van der Waals surface area contributed by atoms with Crippen LogP contribution in [0.15, 0.2) is 22.5 Å². The van der Waals surface area contributed by atoms with Crippen LogP contribution in [0.5, 0.6) is 0 Å². The first-order valence-corrected chi connectivity index (χ1v) is 9.09. The van der Waals surface area contributed by atoms with Gasteiger partial charge in [-0.2, -0.15) is 0 Å². The van der Waals surface area contributed by atoms with Gasteiger partial charge in [0.05, 0.1) is 0 Å². The number of likely N-dealkylation sites (tertiary alicyclic amines) is 1. The molecule has 1 aromatic heterocycles. The largest absolute Gasteiger partial charge is 0.356 e. The molecule has 1 aromatic rings. The zero-order valence-corrected chi connectivity index (χ0v) is 14.1. The van der Waals surface area contributed by atoms with Crippen LogP contribution in [0.1, 0.15) is 49.8 Å². The van der Waals surface area contributed by atoms with E-state index in [4.69, 9.17) is 0 Å². The molecule has 1 aliphatic heterocycles. The van der Waals surface area contributed by atoms with E-state index in [2.05, 4.69) is 39.6 Å². The summed E-state index contributed by atoms with van der Waals surface area (Å²) in [6.45, 7) is 5.64. The summed E-state index contributed by atoms with van der Waals surface area (Å²) in [6.07, 6.45) is 7.05. The van der Waals surface area contributed by atoms with E-state index in [0.717, 1.165) is 12.5 Å². The maximum atomic E-state index is 4.51. The maximum Gasteiger partial charge on any atom is 0.193 e. The van der Waals surface area contributed by atoms with E-state index < -0.39 is 0 Å². The Kier molecular flexibility index (Phi) is 4.53. The van der Waals surface area contributed by atoms with Gasteiger partial charge in [-0.15, -0.1) is 11.3 Å². The predicted molar refractivity (Wildman–Crippen MR) is 91.2 cm³/mol. The highest BCUT2D eigenvalue weighted by Crippen LogP contribution is 2.45. The number of nitrogens with one attached hydrogen (secondary N) is 1. The molecule has 1 aliphatic carbocycles. The summed E-state index contributed by atoms with van der Waals surface area (Å²) in [7, 11) is 1.91. The van der Waals surface area contributed by atoms with Crippen LogP contribution < -0.4 is 5.32 Å². The molecule has 1 atom stereocenters. The number of aliphatic imine (C=N–C) groups is 1. The zero-order chi connectivity index (χ0) is 14.7. The summed E-state index contributed by atoms with van der Waals surface area (Å²) >= 11 is 1.84. The standard InChI is InChI=1S/C17H27N3S/c1-14(15-6-5-11-21-15)12-19-16(18-2)20-10-9-17(13-20)7-3-4-8-17/h5-6,11,14H,3-4,7-10,12-13H2,1-2H3,(H,18,19). The molecule has 1 unspecified atom stereocenters. The van der Waals surface area contributed by atoms with Gasteiger partial charge < -0.3 is 10.2 Å². The minimum atomic E-state index is 0.546. The van der Waals surface area contributed by atoms with E-state index in [1.165, 1.54) is 50.1 Å². The van der Waals surface area contributed by atoms with Gasteiger partial charge in [0.1, 0.15) is 0 Å². The van der Waals surface area contributed by atoms with Gasteiger partial charge in [-0.05, 0) is 36.1 Å². The molecule has 3 rings (SSSR count). The first-order valence-electron chi connectivity index (χ1n) is 8.21. The van der Waals surface area contributed by atoms with Crippen molar-refractivity contribution in [1.29, 1.82) is 0 Å². The average Bonchev–Trinajstić information content (AvgIpc) is 3.23. The fourth-order valence-electron chi connectivity index (χ4n) is 3.90. The molecular weight excluding hydrogens is 278 g/mol. The third kappa shape index (κ3) is 3.25. The topological polar surface area (TPSA) is 27.6 Å². The van der Waals surface area contributed by atoms with Crippen LogP contribution in [0.4, 0.5) is 0 Å². The van der Waals surface area contributed by atoms with Gasteiger partial charge in [0.15, 0.2) is 5.96 Å². The van der Waals surface area contributed by atoms with Crippen LogP contribution in [-0.2, 0) is 0 Å². The molecule has 0 radical (unpaired) electrons. The Hall–Kier alpha value is -1.03. The smallest absolute Gasteiger partial charge is 0.193 e. The molecule has 21 heavy (non-hydrogen) atoms. The molecule has 1 N–H and O–H groups in total. The van der Waals surface area contributed by atoms with E-state index in [0.29, 0.717) is 11.3 Å². The second-order valence-corrected chi connectivity index (χ2v) is 7.70. The van der Waals surface area contributed by atoms with Gasteiger partial charge >= 0.3 is 0 Å². The normalized spacial score (nSPS) is 23.0. The van der Waals surface area contributed by atoms with Crippen molar-refractivity contribution in [2.24, 2.45) is 10.4 Å². The van der Waals surface area contributed by atoms with Gasteiger partial charge in [0.2, 0.25) is 0 Å². The number of guanidine groups is 1. The lowest BCUT2D eigenvalue weighted by molar-refractivity contribution is 0.309. The Bertz CT molecular complexity index is 474. The summed E-state index contributed by atoms with van der Waals surface area (Å²) in [5.74, 6) is 1.65. The summed E-state index contributed by atoms with van der Waals surface area (Å²) < 4.78 is 0. The van der Waals surface area contributed by atoms with Gasteiger partial charge in [-0.3, -0.25) is 4.99 Å². The van der Waals surface area contributed by atoms with Crippen LogP contribution in [0, 0.1) is 5.41 Å². The number of thiophene rings is 1. The minimum absolute atomic E-state index is 0.546. The molecule has 0 bridgehead atoms. The minimum Gasteiger partial charge on any atom is -0.356 e. The molecular formula is C17H27N3S. The van der Waals surface area contributed by atoms with Crippen molar-refractivity contribution in [2.75, 3.05) is 26.7 Å². The van der Waals surface area contributed by atoms with E-state index in [1.54, 1.807) is 0 Å². The second kappa shape index (κ2) is 6.39. The first kappa shape index (κ1) is 14.9. The lowest BCUT2D eigenvalue weighted by Gasteiger charge is -2.26. The van der Waals surface area contributed by atoms with Gasteiger partial charge in [-0.25, -0.2) is 0 Å². The summed E-state index contributed by atoms with van der Waals surface area (Å²) in [6, 6.07) is 4.36.